The van der Waals surface area contributed by atoms with Crippen molar-refractivity contribution < 1.29 is 9.84 Å². The van der Waals surface area contributed by atoms with E-state index in [1.54, 1.807) is 6.92 Å². The molecule has 0 aliphatic heterocycles. The number of aliphatic hydroxyl groups is 1. The Hall–Kier alpha value is -0.160. The second kappa shape index (κ2) is 8.93. The summed E-state index contributed by atoms with van der Waals surface area (Å²) in [5.74, 6) is 0. The van der Waals surface area contributed by atoms with E-state index in [1.807, 2.05) is 6.92 Å². The van der Waals surface area contributed by atoms with Crippen LogP contribution in [0.5, 0.6) is 0 Å². The maximum Gasteiger partial charge on any atom is 0.0741 e. The maximum absolute atomic E-state index is 9.75. The van der Waals surface area contributed by atoms with Crippen LogP contribution in [0.2, 0.25) is 0 Å². The van der Waals surface area contributed by atoms with Crippen LogP contribution >= 0.6 is 0 Å². The summed E-state index contributed by atoms with van der Waals surface area (Å²) in [5.41, 5.74) is 4.76. The number of likely N-dealkylation sites (N-methyl/N-ethyl adjacent to an activating group) is 1. The molecule has 0 saturated carbocycles. The first kappa shape index (κ1) is 15.8. The summed E-state index contributed by atoms with van der Waals surface area (Å²) in [6.45, 7) is 10.8. The van der Waals surface area contributed by atoms with Gasteiger partial charge >= 0.3 is 0 Å². The second-order valence-electron chi connectivity index (χ2n) is 4.44. The molecule has 3 N–H and O–H groups in total. The van der Waals surface area contributed by atoms with Crippen molar-refractivity contribution in [3.63, 3.8) is 0 Å². The van der Waals surface area contributed by atoms with Crippen LogP contribution in [0.25, 0.3) is 0 Å². The summed E-state index contributed by atoms with van der Waals surface area (Å²) in [7, 11) is 0. The highest BCUT2D eigenvalue weighted by molar-refractivity contribution is 4.73. The predicted octanol–water partition coefficient (Wildman–Crippen LogP) is 0.835. The molecule has 0 spiro atoms. The van der Waals surface area contributed by atoms with Crippen LogP contribution in [0.4, 0.5) is 0 Å². The van der Waals surface area contributed by atoms with E-state index < -0.39 is 5.60 Å². The molecule has 0 amide bonds. The molecular weight excluding hydrogens is 204 g/mol. The molecule has 0 aliphatic carbocycles. The highest BCUT2D eigenvalue weighted by Gasteiger charge is 2.17. The van der Waals surface area contributed by atoms with Gasteiger partial charge in [0.15, 0.2) is 0 Å². The maximum atomic E-state index is 9.75. The van der Waals surface area contributed by atoms with Crippen LogP contribution in [-0.2, 0) is 4.74 Å². The fourth-order valence-corrected chi connectivity index (χ4v) is 1.55. The Morgan fingerprint density at radius 3 is 2.50 bits per heavy atom. The van der Waals surface area contributed by atoms with E-state index in [4.69, 9.17) is 10.5 Å². The van der Waals surface area contributed by atoms with E-state index in [2.05, 4.69) is 11.8 Å². The van der Waals surface area contributed by atoms with E-state index in [9.17, 15) is 5.11 Å². The van der Waals surface area contributed by atoms with Crippen molar-refractivity contribution in [2.24, 2.45) is 5.73 Å². The smallest absolute Gasteiger partial charge is 0.0741 e. The number of nitrogens with zero attached hydrogens (tertiary/aromatic N) is 1. The average Bonchev–Trinajstić information content (AvgIpc) is 2.27. The molecule has 0 aromatic rings. The van der Waals surface area contributed by atoms with Gasteiger partial charge in [0.1, 0.15) is 0 Å². The first-order chi connectivity index (χ1) is 7.55. The van der Waals surface area contributed by atoms with Gasteiger partial charge in [0, 0.05) is 19.7 Å². The van der Waals surface area contributed by atoms with Gasteiger partial charge in [0.2, 0.25) is 0 Å². The Morgan fingerprint density at radius 1 is 1.31 bits per heavy atom. The quantitative estimate of drug-likeness (QED) is 0.548. The van der Waals surface area contributed by atoms with Crippen molar-refractivity contribution in [2.45, 2.75) is 39.2 Å². The zero-order valence-electron chi connectivity index (χ0n) is 11.0. The summed E-state index contributed by atoms with van der Waals surface area (Å²) < 4.78 is 5.32. The third-order valence-electron chi connectivity index (χ3n) is 2.83. The zero-order valence-corrected chi connectivity index (χ0v) is 11.0. The fraction of sp³-hybridized carbons (Fsp3) is 1.00. The third-order valence-corrected chi connectivity index (χ3v) is 2.83. The van der Waals surface area contributed by atoms with Crippen LogP contribution in [0.15, 0.2) is 0 Å². The Balaban J connectivity index is 3.62. The molecule has 0 fully saturated rings. The van der Waals surface area contributed by atoms with Crippen LogP contribution in [0, 0.1) is 0 Å². The van der Waals surface area contributed by atoms with Gasteiger partial charge < -0.3 is 20.5 Å². The number of rotatable bonds is 10. The van der Waals surface area contributed by atoms with Gasteiger partial charge in [-0.1, -0.05) is 6.92 Å². The monoisotopic (exact) mass is 232 g/mol. The molecule has 0 aromatic carbocycles. The standard InChI is InChI=1S/C12H28N2O2/c1-4-14(9-10-16-5-2)8-6-7-12(3,15)11-13/h15H,4-11,13H2,1-3H3. The van der Waals surface area contributed by atoms with Crippen LogP contribution < -0.4 is 5.73 Å². The lowest BCUT2D eigenvalue weighted by molar-refractivity contribution is 0.0526. The topological polar surface area (TPSA) is 58.7 Å². The molecule has 98 valence electrons. The minimum Gasteiger partial charge on any atom is -0.389 e. The SMILES string of the molecule is CCOCCN(CC)CCCC(C)(O)CN. The zero-order chi connectivity index (χ0) is 12.4. The lowest BCUT2D eigenvalue weighted by Gasteiger charge is -2.24. The average molecular weight is 232 g/mol. The summed E-state index contributed by atoms with van der Waals surface area (Å²) in [5, 5.41) is 9.75. The van der Waals surface area contributed by atoms with Crippen LogP contribution in [-0.4, -0.2) is 55.0 Å². The number of hydrogen-bond donors (Lipinski definition) is 2. The summed E-state index contributed by atoms with van der Waals surface area (Å²) in [6.07, 6.45) is 1.73. The number of hydrogen-bond acceptors (Lipinski definition) is 4. The molecule has 4 nitrogen and oxygen atoms in total. The Labute approximate surface area is 99.8 Å². The van der Waals surface area contributed by atoms with E-state index in [0.717, 1.165) is 45.7 Å². The van der Waals surface area contributed by atoms with Crippen molar-refractivity contribution in [1.29, 1.82) is 0 Å². The summed E-state index contributed by atoms with van der Waals surface area (Å²) in [4.78, 5) is 2.34. The van der Waals surface area contributed by atoms with Crippen molar-refractivity contribution in [1.82, 2.24) is 4.90 Å². The predicted molar refractivity (Wildman–Crippen MR) is 67.5 cm³/mol. The highest BCUT2D eigenvalue weighted by Crippen LogP contribution is 2.10. The van der Waals surface area contributed by atoms with Gasteiger partial charge in [0.05, 0.1) is 12.2 Å². The van der Waals surface area contributed by atoms with Crippen molar-refractivity contribution in [2.75, 3.05) is 39.4 Å². The summed E-state index contributed by atoms with van der Waals surface area (Å²) >= 11 is 0. The third kappa shape index (κ3) is 8.05. The largest absolute Gasteiger partial charge is 0.389 e. The molecule has 0 aromatic heterocycles. The Morgan fingerprint density at radius 2 is 2.00 bits per heavy atom. The molecule has 0 saturated heterocycles. The van der Waals surface area contributed by atoms with Gasteiger partial charge in [-0.3, -0.25) is 0 Å². The molecular formula is C12H28N2O2. The van der Waals surface area contributed by atoms with Gasteiger partial charge in [-0.05, 0) is 39.8 Å². The molecule has 0 aliphatic rings. The van der Waals surface area contributed by atoms with Crippen LogP contribution in [0.3, 0.4) is 0 Å². The fourth-order valence-electron chi connectivity index (χ4n) is 1.55. The first-order valence-electron chi connectivity index (χ1n) is 6.28. The Bertz CT molecular complexity index is 163. The molecule has 0 rings (SSSR count). The van der Waals surface area contributed by atoms with Gasteiger partial charge in [-0.15, -0.1) is 0 Å². The molecule has 0 radical (unpaired) electrons. The van der Waals surface area contributed by atoms with Crippen molar-refractivity contribution in [3.05, 3.63) is 0 Å². The van der Waals surface area contributed by atoms with E-state index in [1.165, 1.54) is 0 Å². The number of nitrogens with two attached hydrogens (primary N) is 1. The van der Waals surface area contributed by atoms with Crippen molar-refractivity contribution >= 4 is 0 Å². The molecule has 0 heterocycles. The van der Waals surface area contributed by atoms with Gasteiger partial charge in [0.25, 0.3) is 0 Å². The van der Waals surface area contributed by atoms with E-state index in [0.29, 0.717) is 6.54 Å². The molecule has 0 bridgehead atoms. The molecule has 1 unspecified atom stereocenters. The van der Waals surface area contributed by atoms with Crippen molar-refractivity contribution in [3.8, 4) is 0 Å². The lowest BCUT2D eigenvalue weighted by atomic mass is 10.0. The van der Waals surface area contributed by atoms with Crippen LogP contribution in [0.1, 0.15) is 33.6 Å². The molecule has 16 heavy (non-hydrogen) atoms. The number of ether oxygens (including phenoxy) is 1. The first-order valence-corrected chi connectivity index (χ1v) is 6.28. The Kier molecular flexibility index (Phi) is 8.84. The highest BCUT2D eigenvalue weighted by atomic mass is 16.5. The molecule has 4 heteroatoms. The van der Waals surface area contributed by atoms with E-state index >= 15 is 0 Å². The summed E-state index contributed by atoms with van der Waals surface area (Å²) in [6, 6.07) is 0. The van der Waals surface area contributed by atoms with Gasteiger partial charge in [-0.2, -0.15) is 0 Å². The van der Waals surface area contributed by atoms with E-state index in [-0.39, 0.29) is 0 Å². The molecule has 1 atom stereocenters. The second-order valence-corrected chi connectivity index (χ2v) is 4.44. The minimum atomic E-state index is -0.709. The lowest BCUT2D eigenvalue weighted by Crippen LogP contribution is -2.36. The normalized spacial score (nSPS) is 15.4. The minimum absolute atomic E-state index is 0.331. The van der Waals surface area contributed by atoms with Gasteiger partial charge in [-0.25, -0.2) is 0 Å².